The predicted octanol–water partition coefficient (Wildman–Crippen LogP) is 1.05. The molecule has 0 aromatic heterocycles. The van der Waals surface area contributed by atoms with Gasteiger partial charge in [-0.2, -0.15) is 0 Å². The maximum atomic E-state index is 12.6. The van der Waals surface area contributed by atoms with Gasteiger partial charge in [0, 0.05) is 12.8 Å². The molecule has 2 aromatic rings. The standard InChI is InChI=1S/C31H37NO11/c1-19(33)42-31(18-41-25(29(36)37-3)24(34)27(31)39-16-21-12-8-5-9-13-21)43-30-14-22(30)17-40-28(35)23(32-2)26(30)38-15-20-10-6-4-7-11-20/h4-13,22-28,34-35H,2,14-18H2,1,3H3/p+1/t22?,23?,24-,25?,26?,27?,28-,30?,31?/m0/s1. The van der Waals surface area contributed by atoms with Crippen LogP contribution in [0.5, 0.6) is 0 Å². The first-order valence-electron chi connectivity index (χ1n) is 14.1. The third-order valence-corrected chi connectivity index (χ3v) is 8.10. The van der Waals surface area contributed by atoms with Gasteiger partial charge >= 0.3 is 17.7 Å². The predicted molar refractivity (Wildman–Crippen MR) is 151 cm³/mol. The Kier molecular flexibility index (Phi) is 9.57. The number of aliphatic imine (C=N–C) groups is 1. The van der Waals surface area contributed by atoms with Crippen molar-refractivity contribution < 1.29 is 53.0 Å². The van der Waals surface area contributed by atoms with E-state index in [9.17, 15) is 19.8 Å². The van der Waals surface area contributed by atoms with Crippen LogP contribution in [-0.4, -0.2) is 102 Å². The molecule has 0 amide bonds. The van der Waals surface area contributed by atoms with Crippen LogP contribution in [0.1, 0.15) is 24.5 Å². The molecule has 12 heteroatoms. The van der Waals surface area contributed by atoms with Gasteiger partial charge in [-0.25, -0.2) is 4.79 Å². The molecule has 7 unspecified atom stereocenters. The summed E-state index contributed by atoms with van der Waals surface area (Å²) in [6.07, 6.45) is -6.10. The molecule has 43 heavy (non-hydrogen) atoms. The van der Waals surface area contributed by atoms with Gasteiger partial charge in [-0.15, -0.1) is 0 Å². The minimum atomic E-state index is -1.98. The number of ether oxygens (including phenoxy) is 7. The van der Waals surface area contributed by atoms with Gasteiger partial charge in [0.1, 0.15) is 17.7 Å². The van der Waals surface area contributed by atoms with Crippen molar-refractivity contribution in [2.45, 2.75) is 74.7 Å². The summed E-state index contributed by atoms with van der Waals surface area (Å²) < 4.78 is 40.2. The molecule has 0 spiro atoms. The van der Waals surface area contributed by atoms with E-state index in [0.29, 0.717) is 6.42 Å². The lowest BCUT2D eigenvalue weighted by Crippen LogP contribution is -2.69. The summed E-state index contributed by atoms with van der Waals surface area (Å²) in [7, 11) is 1.19. The zero-order valence-corrected chi connectivity index (χ0v) is 24.1. The molecule has 9 atom stereocenters. The minimum Gasteiger partial charge on any atom is -0.463 e. The summed E-state index contributed by atoms with van der Waals surface area (Å²) in [6.45, 7) is 4.79. The van der Waals surface area contributed by atoms with Gasteiger partial charge in [-0.3, -0.25) is 9.79 Å². The van der Waals surface area contributed by atoms with Crippen LogP contribution >= 0.6 is 0 Å². The Morgan fingerprint density at radius 2 is 1.63 bits per heavy atom. The van der Waals surface area contributed by atoms with Crippen molar-refractivity contribution in [1.82, 2.24) is 0 Å². The molecular formula is C31H38NO11+. The number of fused-ring (bicyclic) bond motifs is 1. The van der Waals surface area contributed by atoms with Crippen LogP contribution in [0.15, 0.2) is 65.7 Å². The van der Waals surface area contributed by atoms with E-state index in [1.54, 1.807) is 0 Å². The Morgan fingerprint density at radius 3 is 2.19 bits per heavy atom. The topological polar surface area (TPSA) is 155 Å². The van der Waals surface area contributed by atoms with Crippen molar-refractivity contribution >= 4 is 18.7 Å². The zero-order valence-electron chi connectivity index (χ0n) is 24.1. The molecule has 2 aromatic carbocycles. The third-order valence-electron chi connectivity index (χ3n) is 8.10. The second kappa shape index (κ2) is 13.2. The molecule has 0 bridgehead atoms. The Hall–Kier alpha value is -3.23. The van der Waals surface area contributed by atoms with Crippen LogP contribution in [0.3, 0.4) is 0 Å². The summed E-state index contributed by atoms with van der Waals surface area (Å²) in [5.74, 6) is -3.77. The zero-order chi connectivity index (χ0) is 30.6. The van der Waals surface area contributed by atoms with E-state index in [-0.39, 0.29) is 32.3 Å². The lowest BCUT2D eigenvalue weighted by atomic mass is 9.94. The summed E-state index contributed by atoms with van der Waals surface area (Å²) >= 11 is 0. The van der Waals surface area contributed by atoms with Crippen molar-refractivity contribution in [3.05, 3.63) is 71.8 Å². The van der Waals surface area contributed by atoms with Gasteiger partial charge < -0.3 is 43.4 Å². The van der Waals surface area contributed by atoms with Crippen LogP contribution in [0.4, 0.5) is 0 Å². The second-order valence-electron chi connectivity index (χ2n) is 11.0. The average Bonchev–Trinajstić information content (AvgIpc) is 3.71. The molecule has 1 aliphatic carbocycles. The molecule has 12 nitrogen and oxygen atoms in total. The number of methoxy groups -OCH3 is 1. The molecule has 3 fully saturated rings. The average molecular weight is 601 g/mol. The fraction of sp³-hybridized carbons (Fsp3) is 0.516. The third kappa shape index (κ3) is 6.50. The number of esters is 2. The van der Waals surface area contributed by atoms with Gasteiger partial charge in [0.05, 0.1) is 26.9 Å². The lowest BCUT2D eigenvalue weighted by Gasteiger charge is -2.46. The molecular weight excluding hydrogens is 562 g/mol. The van der Waals surface area contributed by atoms with Crippen LogP contribution in [0.2, 0.25) is 0 Å². The normalized spacial score (nSPS) is 35.2. The fourth-order valence-corrected chi connectivity index (χ4v) is 5.93. The van der Waals surface area contributed by atoms with Crippen molar-refractivity contribution in [3.63, 3.8) is 0 Å². The van der Waals surface area contributed by atoms with Gasteiger partial charge in [-0.1, -0.05) is 60.7 Å². The Morgan fingerprint density at radius 1 is 1.02 bits per heavy atom. The molecule has 2 aliphatic heterocycles. The first-order valence-corrected chi connectivity index (χ1v) is 14.1. The van der Waals surface area contributed by atoms with E-state index in [0.717, 1.165) is 11.1 Å². The maximum Gasteiger partial charge on any atom is 0.389 e. The first-order chi connectivity index (χ1) is 20.7. The molecule has 5 rings (SSSR count). The Bertz CT molecular complexity index is 1260. The van der Waals surface area contributed by atoms with E-state index in [1.165, 1.54) is 14.0 Å². The number of hydrogen-bond donors (Lipinski definition) is 2. The van der Waals surface area contributed by atoms with Crippen LogP contribution in [-0.2, 0) is 51.2 Å². The summed E-state index contributed by atoms with van der Waals surface area (Å²) in [5.41, 5.74) is 0.451. The van der Waals surface area contributed by atoms with Gasteiger partial charge in [0.2, 0.25) is 6.61 Å². The fourth-order valence-electron chi connectivity index (χ4n) is 5.93. The number of carbonyl (C=O) groups is 2. The van der Waals surface area contributed by atoms with Gasteiger partial charge in [0.15, 0.2) is 18.5 Å². The molecule has 0 radical (unpaired) electrons. The molecule has 3 aliphatic rings. The number of nitrogens with zero attached hydrogens (tertiary/aromatic N) is 1. The molecule has 3 N–H and O–H groups in total. The van der Waals surface area contributed by atoms with Crippen LogP contribution in [0.25, 0.3) is 0 Å². The number of aliphatic hydroxyl groups is 4. The number of hydrogen-bond acceptors (Lipinski definition) is 11. The Balaban J connectivity index is 1.52. The van der Waals surface area contributed by atoms with Crippen molar-refractivity contribution in [3.8, 4) is 0 Å². The van der Waals surface area contributed by atoms with E-state index >= 15 is 0 Å². The lowest BCUT2D eigenvalue weighted by molar-refractivity contribution is -0.394. The number of benzene rings is 2. The number of aliphatic hydroxyl groups excluding tert-OH is 2. The second-order valence-corrected chi connectivity index (χ2v) is 11.0. The number of carbonyl (C=O) groups excluding carboxylic acids is 2. The van der Waals surface area contributed by atoms with Gasteiger partial charge in [0.25, 0.3) is 6.10 Å². The number of rotatable bonds is 11. The molecule has 2 heterocycles. The van der Waals surface area contributed by atoms with E-state index in [2.05, 4.69) is 16.4 Å². The largest absolute Gasteiger partial charge is 0.463 e. The van der Waals surface area contributed by atoms with E-state index < -0.39 is 60.1 Å². The monoisotopic (exact) mass is 600 g/mol. The van der Waals surface area contributed by atoms with Crippen molar-refractivity contribution in [2.24, 2.45) is 10.9 Å². The molecule has 232 valence electrons. The SMILES string of the molecule is C=NC1C(OCc2ccccc2)C2(OC3(OC(C)=O)C[OH+]C(C(=O)OC)[C@H](O)C3OCc3ccccc3)CC2CO[C@@H]1O. The molecule has 1 saturated carbocycles. The molecule has 2 saturated heterocycles. The van der Waals surface area contributed by atoms with Gasteiger partial charge in [-0.05, 0) is 24.3 Å². The van der Waals surface area contributed by atoms with E-state index in [4.69, 9.17) is 28.4 Å². The highest BCUT2D eigenvalue weighted by molar-refractivity contribution is 5.75. The summed E-state index contributed by atoms with van der Waals surface area (Å²) in [4.78, 5) is 29.3. The van der Waals surface area contributed by atoms with E-state index in [1.807, 2.05) is 60.7 Å². The maximum absolute atomic E-state index is 12.6. The Labute approximate surface area is 249 Å². The smallest absolute Gasteiger partial charge is 0.389 e. The highest BCUT2D eigenvalue weighted by Crippen LogP contribution is 2.57. The quantitative estimate of drug-likeness (QED) is 0.166. The first kappa shape index (κ1) is 31.2. The van der Waals surface area contributed by atoms with Crippen LogP contribution < -0.4 is 0 Å². The highest BCUT2D eigenvalue weighted by Gasteiger charge is 2.72. The van der Waals surface area contributed by atoms with Crippen molar-refractivity contribution in [1.29, 1.82) is 0 Å². The van der Waals surface area contributed by atoms with Crippen LogP contribution in [0, 0.1) is 5.92 Å². The highest BCUT2D eigenvalue weighted by atomic mass is 16.8. The minimum absolute atomic E-state index is 0.00582. The van der Waals surface area contributed by atoms with Crippen molar-refractivity contribution in [2.75, 3.05) is 20.3 Å². The summed E-state index contributed by atoms with van der Waals surface area (Å²) in [6, 6.07) is 17.7. The summed E-state index contributed by atoms with van der Waals surface area (Å²) in [5, 5.41) is 22.3.